The van der Waals surface area contributed by atoms with Gasteiger partial charge in [-0.1, -0.05) is 24.3 Å². The average molecular weight is 476 g/mol. The molecule has 1 aromatic heterocycles. The van der Waals surface area contributed by atoms with E-state index in [1.54, 1.807) is 60.9 Å². The minimum Gasteiger partial charge on any atom is -0.497 e. The fourth-order valence-corrected chi connectivity index (χ4v) is 5.34. The molecule has 4 rings (SSSR count). The lowest BCUT2D eigenvalue weighted by Gasteiger charge is -2.25. The van der Waals surface area contributed by atoms with Gasteiger partial charge in [-0.15, -0.1) is 0 Å². The maximum Gasteiger partial charge on any atom is 0.265 e. The highest BCUT2D eigenvalue weighted by molar-refractivity contribution is 7.93. The maximum atomic E-state index is 13.9. The van der Waals surface area contributed by atoms with Crippen LogP contribution in [0.2, 0.25) is 0 Å². The van der Waals surface area contributed by atoms with Crippen molar-refractivity contribution in [3.8, 4) is 5.75 Å². The minimum absolute atomic E-state index is 0.0998. The van der Waals surface area contributed by atoms with Gasteiger partial charge in [-0.3, -0.25) is 14.1 Å². The number of ether oxygens (including phenoxy) is 1. The SMILES string of the molecule is COc1ccc(N(CC(=O)Nc2cccc(C)c2C)S(=O)(=O)c2cccc3cnccc23)cc1. The summed E-state index contributed by atoms with van der Waals surface area (Å²) in [5.74, 6) is 0.132. The molecule has 1 amide bonds. The number of amides is 1. The number of rotatable bonds is 7. The Morgan fingerprint density at radius 3 is 2.47 bits per heavy atom. The van der Waals surface area contributed by atoms with Crippen molar-refractivity contribution in [1.82, 2.24) is 4.98 Å². The number of methoxy groups -OCH3 is 1. The second-order valence-corrected chi connectivity index (χ2v) is 9.69. The Balaban J connectivity index is 1.76. The minimum atomic E-state index is -4.10. The van der Waals surface area contributed by atoms with Crippen molar-refractivity contribution in [3.63, 3.8) is 0 Å². The number of carbonyl (C=O) groups is 1. The molecule has 0 unspecified atom stereocenters. The third kappa shape index (κ3) is 4.58. The first-order chi connectivity index (χ1) is 16.3. The second kappa shape index (κ2) is 9.52. The summed E-state index contributed by atoms with van der Waals surface area (Å²) in [7, 11) is -2.57. The summed E-state index contributed by atoms with van der Waals surface area (Å²) in [5.41, 5.74) is 2.95. The molecule has 1 heterocycles. The van der Waals surface area contributed by atoms with Gasteiger partial charge in [0.05, 0.1) is 17.7 Å². The number of hydrogen-bond donors (Lipinski definition) is 1. The number of nitrogens with one attached hydrogen (secondary N) is 1. The predicted molar refractivity (Wildman–Crippen MR) is 134 cm³/mol. The zero-order valence-corrected chi connectivity index (χ0v) is 20.0. The summed E-state index contributed by atoms with van der Waals surface area (Å²) < 4.78 is 34.1. The van der Waals surface area contributed by atoms with E-state index >= 15 is 0 Å². The summed E-state index contributed by atoms with van der Waals surface area (Å²) in [6.45, 7) is 3.46. The van der Waals surface area contributed by atoms with E-state index in [-0.39, 0.29) is 4.90 Å². The number of nitrogens with zero attached hydrogens (tertiary/aromatic N) is 2. The van der Waals surface area contributed by atoms with E-state index in [9.17, 15) is 13.2 Å². The predicted octanol–water partition coefficient (Wildman–Crippen LogP) is 4.69. The molecule has 34 heavy (non-hydrogen) atoms. The maximum absolute atomic E-state index is 13.9. The number of sulfonamides is 1. The van der Waals surface area contributed by atoms with Crippen LogP contribution in [0.15, 0.2) is 84.0 Å². The van der Waals surface area contributed by atoms with Crippen LogP contribution in [-0.2, 0) is 14.8 Å². The van der Waals surface area contributed by atoms with Crippen LogP contribution in [0.25, 0.3) is 10.8 Å². The molecule has 0 radical (unpaired) electrons. The van der Waals surface area contributed by atoms with Gasteiger partial charge in [0.2, 0.25) is 5.91 Å². The number of benzene rings is 3. The summed E-state index contributed by atoms with van der Waals surface area (Å²) in [6.07, 6.45) is 3.16. The van der Waals surface area contributed by atoms with Crippen molar-refractivity contribution < 1.29 is 17.9 Å². The van der Waals surface area contributed by atoms with Crippen molar-refractivity contribution in [3.05, 3.63) is 90.3 Å². The third-order valence-electron chi connectivity index (χ3n) is 5.74. The average Bonchev–Trinajstić information content (AvgIpc) is 2.85. The second-order valence-electron chi connectivity index (χ2n) is 7.86. The van der Waals surface area contributed by atoms with Gasteiger partial charge in [-0.25, -0.2) is 8.42 Å². The standard InChI is InChI=1S/C26H25N3O4S/c1-18-6-4-8-24(19(18)2)28-26(30)17-29(21-10-12-22(33-3)13-11-21)34(31,32)25-9-5-7-20-16-27-15-14-23(20)25/h4-16H,17H2,1-3H3,(H,28,30). The molecule has 4 aromatic rings. The van der Waals surface area contributed by atoms with Crippen LogP contribution in [0, 0.1) is 13.8 Å². The lowest BCUT2D eigenvalue weighted by atomic mass is 10.1. The lowest BCUT2D eigenvalue weighted by Crippen LogP contribution is -2.38. The first-order valence-corrected chi connectivity index (χ1v) is 12.1. The highest BCUT2D eigenvalue weighted by atomic mass is 32.2. The molecule has 0 saturated carbocycles. The summed E-state index contributed by atoms with van der Waals surface area (Å²) in [6, 6.07) is 18.8. The first kappa shape index (κ1) is 23.3. The van der Waals surface area contributed by atoms with Gasteiger partial charge in [-0.2, -0.15) is 0 Å². The number of pyridine rings is 1. The van der Waals surface area contributed by atoms with Gasteiger partial charge in [0.15, 0.2) is 0 Å². The molecular formula is C26H25N3O4S. The third-order valence-corrected chi connectivity index (χ3v) is 7.57. The van der Waals surface area contributed by atoms with E-state index < -0.39 is 22.5 Å². The van der Waals surface area contributed by atoms with E-state index in [1.807, 2.05) is 26.0 Å². The quantitative estimate of drug-likeness (QED) is 0.419. The van der Waals surface area contributed by atoms with Crippen LogP contribution in [0.5, 0.6) is 5.75 Å². The number of anilines is 2. The molecule has 3 aromatic carbocycles. The van der Waals surface area contributed by atoms with Crippen LogP contribution in [-0.4, -0.2) is 33.0 Å². The van der Waals surface area contributed by atoms with Gasteiger partial charge >= 0.3 is 0 Å². The van der Waals surface area contributed by atoms with E-state index in [2.05, 4.69) is 10.3 Å². The van der Waals surface area contributed by atoms with E-state index in [4.69, 9.17) is 4.74 Å². The van der Waals surface area contributed by atoms with E-state index in [1.165, 1.54) is 13.2 Å². The largest absolute Gasteiger partial charge is 0.497 e. The van der Waals surface area contributed by atoms with Crippen molar-refractivity contribution in [2.24, 2.45) is 0 Å². The van der Waals surface area contributed by atoms with E-state index in [0.717, 1.165) is 15.4 Å². The molecule has 0 aliphatic carbocycles. The topological polar surface area (TPSA) is 88.6 Å². The van der Waals surface area contributed by atoms with Crippen LogP contribution in [0.3, 0.4) is 0 Å². The Hall–Kier alpha value is -3.91. The van der Waals surface area contributed by atoms with Gasteiger partial charge in [-0.05, 0) is 67.4 Å². The highest BCUT2D eigenvalue weighted by Crippen LogP contribution is 2.30. The van der Waals surface area contributed by atoms with Crippen LogP contribution < -0.4 is 14.4 Å². The molecule has 174 valence electrons. The molecule has 0 fully saturated rings. The first-order valence-electron chi connectivity index (χ1n) is 10.7. The van der Waals surface area contributed by atoms with Gasteiger partial charge in [0.25, 0.3) is 10.0 Å². The molecular weight excluding hydrogens is 450 g/mol. The Bertz CT molecular complexity index is 1450. The van der Waals surface area contributed by atoms with Crippen molar-refractivity contribution in [2.75, 3.05) is 23.3 Å². The highest BCUT2D eigenvalue weighted by Gasteiger charge is 2.29. The zero-order valence-electron chi connectivity index (χ0n) is 19.1. The molecule has 0 saturated heterocycles. The van der Waals surface area contributed by atoms with Gasteiger partial charge in [0, 0.05) is 28.9 Å². The van der Waals surface area contributed by atoms with E-state index in [0.29, 0.717) is 27.9 Å². The Morgan fingerprint density at radius 2 is 1.74 bits per heavy atom. The smallest absolute Gasteiger partial charge is 0.265 e. The summed E-state index contributed by atoms with van der Waals surface area (Å²) in [4.78, 5) is 17.3. The Labute approximate surface area is 199 Å². The number of aryl methyl sites for hydroxylation is 1. The molecule has 7 nitrogen and oxygen atoms in total. The number of hydrogen-bond acceptors (Lipinski definition) is 5. The molecule has 0 aliphatic heterocycles. The molecule has 8 heteroatoms. The van der Waals surface area contributed by atoms with Crippen molar-refractivity contribution in [1.29, 1.82) is 0 Å². The van der Waals surface area contributed by atoms with Gasteiger partial charge in [0.1, 0.15) is 12.3 Å². The molecule has 0 atom stereocenters. The number of fused-ring (bicyclic) bond motifs is 1. The van der Waals surface area contributed by atoms with Crippen molar-refractivity contribution in [2.45, 2.75) is 18.7 Å². The van der Waals surface area contributed by atoms with Crippen LogP contribution >= 0.6 is 0 Å². The molecule has 1 N–H and O–H groups in total. The monoisotopic (exact) mass is 475 g/mol. The number of aromatic nitrogens is 1. The summed E-state index contributed by atoms with van der Waals surface area (Å²) in [5, 5.41) is 4.08. The molecule has 0 aliphatic rings. The Kier molecular flexibility index (Phi) is 6.51. The van der Waals surface area contributed by atoms with Crippen molar-refractivity contribution >= 4 is 38.1 Å². The normalized spacial score (nSPS) is 11.3. The van der Waals surface area contributed by atoms with Crippen LogP contribution in [0.4, 0.5) is 11.4 Å². The van der Waals surface area contributed by atoms with Gasteiger partial charge < -0.3 is 10.1 Å². The zero-order chi connectivity index (χ0) is 24.3. The van der Waals surface area contributed by atoms with Crippen LogP contribution in [0.1, 0.15) is 11.1 Å². The fraction of sp³-hybridized carbons (Fsp3) is 0.154. The Morgan fingerprint density at radius 1 is 1.00 bits per heavy atom. The molecule has 0 spiro atoms. The fourth-order valence-electron chi connectivity index (χ4n) is 3.71. The molecule has 0 bridgehead atoms. The lowest BCUT2D eigenvalue weighted by molar-refractivity contribution is -0.114. The summed E-state index contributed by atoms with van der Waals surface area (Å²) >= 11 is 0. The number of carbonyl (C=O) groups excluding carboxylic acids is 1.